The molecule has 176 valence electrons. The number of rotatable bonds is 5. The zero-order valence-electron chi connectivity index (χ0n) is 18.2. The number of nitrogens with zero attached hydrogens (tertiary/aromatic N) is 2. The van der Waals surface area contributed by atoms with Crippen molar-refractivity contribution in [3.8, 4) is 10.6 Å². The Labute approximate surface area is 218 Å². The molecule has 9 heteroatoms. The second-order valence-electron chi connectivity index (χ2n) is 7.94. The molecule has 1 aromatic heterocycles. The number of hydrogen-bond acceptors (Lipinski definition) is 5. The minimum atomic E-state index is -0.249. The van der Waals surface area contributed by atoms with Crippen molar-refractivity contribution in [2.24, 2.45) is 0 Å². The second-order valence-corrected chi connectivity index (χ2v) is 9.78. The van der Waals surface area contributed by atoms with E-state index in [9.17, 15) is 4.79 Å². The van der Waals surface area contributed by atoms with E-state index in [1.165, 1.54) is 5.56 Å². The number of benzene rings is 3. The van der Waals surface area contributed by atoms with Crippen LogP contribution in [0.25, 0.3) is 20.8 Å². The molecule has 3 aromatic carbocycles. The number of para-hydroxylation sites is 2. The number of nitrogens with one attached hydrogen (secondary N) is 2. The summed E-state index contributed by atoms with van der Waals surface area (Å²) in [5.74, 6) is -0.249. The van der Waals surface area contributed by atoms with Crippen molar-refractivity contribution in [1.29, 1.82) is 0 Å². The molecule has 2 N–H and O–H groups in total. The molecule has 0 spiro atoms. The van der Waals surface area contributed by atoms with Crippen LogP contribution in [0.15, 0.2) is 60.7 Å². The van der Waals surface area contributed by atoms with Gasteiger partial charge in [0.1, 0.15) is 5.01 Å². The van der Waals surface area contributed by atoms with E-state index in [-0.39, 0.29) is 18.3 Å². The minimum Gasteiger partial charge on any atom is -0.321 e. The summed E-state index contributed by atoms with van der Waals surface area (Å²) in [5.41, 5.74) is 4.30. The van der Waals surface area contributed by atoms with E-state index in [1.54, 1.807) is 29.5 Å². The van der Waals surface area contributed by atoms with Crippen LogP contribution in [0.4, 0.5) is 5.69 Å². The highest BCUT2D eigenvalue weighted by Gasteiger charge is 2.17. The summed E-state index contributed by atoms with van der Waals surface area (Å²) < 4.78 is 1.14. The number of piperazine rings is 1. The fourth-order valence-corrected chi connectivity index (χ4v) is 5.32. The lowest BCUT2D eigenvalue weighted by Crippen LogP contribution is -2.42. The van der Waals surface area contributed by atoms with Gasteiger partial charge in [-0.2, -0.15) is 0 Å². The monoisotopic (exact) mass is 532 g/mol. The third-order valence-corrected chi connectivity index (χ3v) is 7.49. The fraction of sp³-hybridized carbons (Fsp3) is 0.200. The van der Waals surface area contributed by atoms with Gasteiger partial charge in [-0.3, -0.25) is 9.69 Å². The summed E-state index contributed by atoms with van der Waals surface area (Å²) in [6, 6.07) is 18.9. The SMILES string of the molecule is Cl.O=C(Nc1ccccc1-c1nc2c(CN3CCNCC3)cccc2s1)c1ccc(Cl)c(Cl)c1. The van der Waals surface area contributed by atoms with Gasteiger partial charge in [0.05, 0.1) is 25.9 Å². The smallest absolute Gasteiger partial charge is 0.255 e. The molecule has 0 bridgehead atoms. The molecule has 1 aliphatic heterocycles. The van der Waals surface area contributed by atoms with Crippen molar-refractivity contribution >= 4 is 68.8 Å². The topological polar surface area (TPSA) is 57.3 Å². The minimum absolute atomic E-state index is 0. The highest BCUT2D eigenvalue weighted by molar-refractivity contribution is 7.21. The third kappa shape index (κ3) is 5.38. The predicted octanol–water partition coefficient (Wildman–Crippen LogP) is 6.35. The zero-order chi connectivity index (χ0) is 22.8. The lowest BCUT2D eigenvalue weighted by molar-refractivity contribution is 0.102. The molecular weight excluding hydrogens is 511 g/mol. The van der Waals surface area contributed by atoms with Crippen LogP contribution >= 0.6 is 46.9 Å². The van der Waals surface area contributed by atoms with Gasteiger partial charge in [-0.05, 0) is 42.0 Å². The molecule has 0 atom stereocenters. The Morgan fingerprint density at radius 1 is 1.03 bits per heavy atom. The number of thiazole rings is 1. The highest BCUT2D eigenvalue weighted by atomic mass is 35.5. The van der Waals surface area contributed by atoms with Gasteiger partial charge in [0, 0.05) is 43.9 Å². The van der Waals surface area contributed by atoms with E-state index >= 15 is 0 Å². The Morgan fingerprint density at radius 2 is 1.82 bits per heavy atom. The first-order chi connectivity index (χ1) is 16.1. The predicted molar refractivity (Wildman–Crippen MR) is 145 cm³/mol. The lowest BCUT2D eigenvalue weighted by atomic mass is 10.1. The number of amides is 1. The first-order valence-electron chi connectivity index (χ1n) is 10.8. The van der Waals surface area contributed by atoms with E-state index in [0.717, 1.165) is 53.5 Å². The van der Waals surface area contributed by atoms with Crippen molar-refractivity contribution in [1.82, 2.24) is 15.2 Å². The van der Waals surface area contributed by atoms with Gasteiger partial charge in [0.25, 0.3) is 5.91 Å². The first kappa shape index (κ1) is 24.9. The number of carbonyl (C=O) groups excluding carboxylic acids is 1. The van der Waals surface area contributed by atoms with Crippen molar-refractivity contribution in [3.63, 3.8) is 0 Å². The van der Waals surface area contributed by atoms with Crippen LogP contribution in [0.5, 0.6) is 0 Å². The van der Waals surface area contributed by atoms with Gasteiger partial charge in [-0.15, -0.1) is 23.7 Å². The molecule has 34 heavy (non-hydrogen) atoms. The number of halogens is 3. The third-order valence-electron chi connectivity index (χ3n) is 5.69. The summed E-state index contributed by atoms with van der Waals surface area (Å²) in [6.07, 6.45) is 0. The summed E-state index contributed by atoms with van der Waals surface area (Å²) >= 11 is 13.7. The Kier molecular flexibility index (Phi) is 8.09. The molecule has 1 aliphatic rings. The largest absolute Gasteiger partial charge is 0.321 e. The van der Waals surface area contributed by atoms with Gasteiger partial charge in [0.15, 0.2) is 0 Å². The zero-order valence-corrected chi connectivity index (χ0v) is 21.3. The van der Waals surface area contributed by atoms with E-state index in [2.05, 4.69) is 33.7 Å². The summed E-state index contributed by atoms with van der Waals surface area (Å²) in [6.45, 7) is 5.00. The van der Waals surface area contributed by atoms with Gasteiger partial charge < -0.3 is 10.6 Å². The van der Waals surface area contributed by atoms with Gasteiger partial charge in [-0.25, -0.2) is 4.98 Å². The van der Waals surface area contributed by atoms with Crippen LogP contribution in [0.3, 0.4) is 0 Å². The molecule has 1 saturated heterocycles. The highest BCUT2D eigenvalue weighted by Crippen LogP contribution is 2.36. The van der Waals surface area contributed by atoms with E-state index in [1.807, 2.05) is 24.3 Å². The van der Waals surface area contributed by atoms with Crippen molar-refractivity contribution in [2.75, 3.05) is 31.5 Å². The van der Waals surface area contributed by atoms with Crippen LogP contribution in [-0.4, -0.2) is 42.0 Å². The standard InChI is InChI=1S/C25H22Cl2N4OS.ClH/c26-19-9-8-16(14-20(19)27)24(32)29-21-6-2-1-5-18(21)25-30-23-17(4-3-7-22(23)33-25)15-31-12-10-28-11-13-31;/h1-9,14,28H,10-13,15H2,(H,29,32);1H. The van der Waals surface area contributed by atoms with Crippen molar-refractivity contribution in [3.05, 3.63) is 81.8 Å². The fourth-order valence-electron chi connectivity index (χ4n) is 3.97. The molecule has 0 radical (unpaired) electrons. The summed E-state index contributed by atoms with van der Waals surface area (Å²) in [5, 5.41) is 8.05. The molecule has 5 rings (SSSR count). The van der Waals surface area contributed by atoms with Crippen LogP contribution in [0.2, 0.25) is 10.0 Å². The molecule has 4 aromatic rings. The number of anilines is 1. The molecular formula is C25H23Cl3N4OS. The second kappa shape index (κ2) is 11.0. The van der Waals surface area contributed by atoms with Gasteiger partial charge in [-0.1, -0.05) is 47.5 Å². The lowest BCUT2D eigenvalue weighted by Gasteiger charge is -2.27. The van der Waals surface area contributed by atoms with Gasteiger partial charge >= 0.3 is 0 Å². The Hall–Kier alpha value is -2.19. The summed E-state index contributed by atoms with van der Waals surface area (Å²) in [4.78, 5) is 20.3. The Morgan fingerprint density at radius 3 is 2.62 bits per heavy atom. The maximum atomic E-state index is 12.9. The van der Waals surface area contributed by atoms with E-state index < -0.39 is 0 Å². The van der Waals surface area contributed by atoms with E-state index in [0.29, 0.717) is 21.3 Å². The van der Waals surface area contributed by atoms with Crippen LogP contribution in [0.1, 0.15) is 15.9 Å². The van der Waals surface area contributed by atoms with E-state index in [4.69, 9.17) is 28.2 Å². The first-order valence-corrected chi connectivity index (χ1v) is 12.3. The number of carbonyl (C=O) groups is 1. The Balaban J connectivity index is 0.00000274. The van der Waals surface area contributed by atoms with Crippen LogP contribution in [0, 0.1) is 0 Å². The molecule has 0 saturated carbocycles. The summed E-state index contributed by atoms with van der Waals surface area (Å²) in [7, 11) is 0. The van der Waals surface area contributed by atoms with Crippen LogP contribution in [-0.2, 0) is 6.54 Å². The average Bonchev–Trinajstić information content (AvgIpc) is 3.27. The van der Waals surface area contributed by atoms with Crippen LogP contribution < -0.4 is 10.6 Å². The quantitative estimate of drug-likeness (QED) is 0.314. The van der Waals surface area contributed by atoms with Crippen molar-refractivity contribution < 1.29 is 4.79 Å². The maximum Gasteiger partial charge on any atom is 0.255 e. The molecule has 5 nitrogen and oxygen atoms in total. The average molecular weight is 534 g/mol. The number of aromatic nitrogens is 1. The molecule has 2 heterocycles. The molecule has 0 aliphatic carbocycles. The normalized spacial score (nSPS) is 14.1. The Bertz CT molecular complexity index is 1320. The molecule has 1 fully saturated rings. The van der Waals surface area contributed by atoms with Gasteiger partial charge in [0.2, 0.25) is 0 Å². The number of fused-ring (bicyclic) bond motifs is 1. The molecule has 0 unspecified atom stereocenters. The molecule has 1 amide bonds. The van der Waals surface area contributed by atoms with Crippen molar-refractivity contribution in [2.45, 2.75) is 6.54 Å². The maximum absolute atomic E-state index is 12.9. The number of hydrogen-bond donors (Lipinski definition) is 2.